The van der Waals surface area contributed by atoms with E-state index in [4.69, 9.17) is 16.3 Å². The number of aromatic nitrogens is 1. The van der Waals surface area contributed by atoms with Crippen molar-refractivity contribution in [2.45, 2.75) is 6.61 Å². The highest BCUT2D eigenvalue weighted by Gasteiger charge is 2.06. The van der Waals surface area contributed by atoms with Gasteiger partial charge in [-0.2, -0.15) is 0 Å². The van der Waals surface area contributed by atoms with E-state index in [0.717, 1.165) is 22.8 Å². The number of rotatable bonds is 4. The van der Waals surface area contributed by atoms with E-state index < -0.39 is 0 Å². The van der Waals surface area contributed by atoms with Crippen molar-refractivity contribution in [3.63, 3.8) is 0 Å². The summed E-state index contributed by atoms with van der Waals surface area (Å²) in [7, 11) is 0. The smallest absolute Gasteiger partial charge is 0.150 e. The molecule has 3 nitrogen and oxygen atoms in total. The van der Waals surface area contributed by atoms with Gasteiger partial charge < -0.3 is 4.74 Å². The molecular formula is C17H12ClNO2. The maximum Gasteiger partial charge on any atom is 0.150 e. The molecule has 0 saturated heterocycles. The van der Waals surface area contributed by atoms with E-state index in [-0.39, 0.29) is 0 Å². The molecule has 3 aromatic rings. The largest absolute Gasteiger partial charge is 0.489 e. The molecule has 21 heavy (non-hydrogen) atoms. The Morgan fingerprint density at radius 3 is 2.67 bits per heavy atom. The number of benzene rings is 2. The first kappa shape index (κ1) is 13.6. The lowest BCUT2D eigenvalue weighted by atomic mass is 10.1. The zero-order chi connectivity index (χ0) is 14.7. The Labute approximate surface area is 127 Å². The van der Waals surface area contributed by atoms with E-state index in [1.807, 2.05) is 24.3 Å². The number of carbonyl (C=O) groups is 1. The summed E-state index contributed by atoms with van der Waals surface area (Å²) >= 11 is 6.17. The molecule has 0 amide bonds. The third-order valence-electron chi connectivity index (χ3n) is 3.21. The van der Waals surface area contributed by atoms with Gasteiger partial charge in [0.25, 0.3) is 0 Å². The number of ether oxygens (including phenoxy) is 1. The summed E-state index contributed by atoms with van der Waals surface area (Å²) < 4.78 is 5.74. The van der Waals surface area contributed by atoms with Crippen LogP contribution in [0.1, 0.15) is 15.9 Å². The topological polar surface area (TPSA) is 39.2 Å². The molecule has 0 spiro atoms. The van der Waals surface area contributed by atoms with Gasteiger partial charge in [-0.25, -0.2) is 0 Å². The molecule has 0 bridgehead atoms. The van der Waals surface area contributed by atoms with Gasteiger partial charge in [-0.15, -0.1) is 0 Å². The molecule has 1 heterocycles. The van der Waals surface area contributed by atoms with Gasteiger partial charge in [0, 0.05) is 27.7 Å². The van der Waals surface area contributed by atoms with Gasteiger partial charge in [-0.1, -0.05) is 17.7 Å². The summed E-state index contributed by atoms with van der Waals surface area (Å²) in [5.41, 5.74) is 2.44. The molecule has 0 aliphatic carbocycles. The molecule has 0 N–H and O–H groups in total. The van der Waals surface area contributed by atoms with Crippen molar-refractivity contribution < 1.29 is 9.53 Å². The standard InChI is InChI=1S/C17H12ClNO2/c18-16-8-5-13(17-15(16)2-1-9-19-17)11-21-14-6-3-12(10-20)4-7-14/h1-10H,11H2. The highest BCUT2D eigenvalue weighted by atomic mass is 35.5. The second-order valence-corrected chi connectivity index (χ2v) is 4.99. The Kier molecular flexibility index (Phi) is 3.84. The zero-order valence-electron chi connectivity index (χ0n) is 11.1. The van der Waals surface area contributed by atoms with Crippen LogP contribution in [-0.4, -0.2) is 11.3 Å². The van der Waals surface area contributed by atoms with Crippen molar-refractivity contribution in [3.05, 3.63) is 70.9 Å². The van der Waals surface area contributed by atoms with Crippen molar-refractivity contribution in [2.75, 3.05) is 0 Å². The minimum Gasteiger partial charge on any atom is -0.489 e. The Balaban J connectivity index is 1.84. The summed E-state index contributed by atoms with van der Waals surface area (Å²) in [6.45, 7) is 0.394. The summed E-state index contributed by atoms with van der Waals surface area (Å²) in [6.07, 6.45) is 2.54. The van der Waals surface area contributed by atoms with Gasteiger partial charge in [0.15, 0.2) is 0 Å². The highest BCUT2D eigenvalue weighted by molar-refractivity contribution is 6.35. The fraction of sp³-hybridized carbons (Fsp3) is 0.0588. The zero-order valence-corrected chi connectivity index (χ0v) is 11.9. The Morgan fingerprint density at radius 2 is 1.90 bits per heavy atom. The first-order valence-corrected chi connectivity index (χ1v) is 6.86. The van der Waals surface area contributed by atoms with Gasteiger partial charge >= 0.3 is 0 Å². The minimum atomic E-state index is 0.394. The second-order valence-electron chi connectivity index (χ2n) is 4.58. The summed E-state index contributed by atoms with van der Waals surface area (Å²) in [4.78, 5) is 15.0. The Bertz CT molecular complexity index is 784. The van der Waals surface area contributed by atoms with Crippen LogP contribution in [0.15, 0.2) is 54.7 Å². The van der Waals surface area contributed by atoms with Crippen LogP contribution >= 0.6 is 11.6 Å². The van der Waals surface area contributed by atoms with Gasteiger partial charge in [0.1, 0.15) is 18.6 Å². The van der Waals surface area contributed by atoms with Crippen LogP contribution in [0.25, 0.3) is 10.9 Å². The predicted octanol–water partition coefficient (Wildman–Crippen LogP) is 4.28. The fourth-order valence-electron chi connectivity index (χ4n) is 2.12. The van der Waals surface area contributed by atoms with Crippen LogP contribution in [0, 0.1) is 0 Å². The lowest BCUT2D eigenvalue weighted by Crippen LogP contribution is -1.98. The van der Waals surface area contributed by atoms with Gasteiger partial charge in [-0.3, -0.25) is 9.78 Å². The van der Waals surface area contributed by atoms with E-state index >= 15 is 0 Å². The Morgan fingerprint density at radius 1 is 1.10 bits per heavy atom. The normalized spacial score (nSPS) is 10.5. The molecule has 3 rings (SSSR count). The number of fused-ring (bicyclic) bond motifs is 1. The molecule has 0 aliphatic heterocycles. The van der Waals surface area contributed by atoms with Crippen LogP contribution in [0.5, 0.6) is 5.75 Å². The maximum absolute atomic E-state index is 10.6. The highest BCUT2D eigenvalue weighted by Crippen LogP contribution is 2.25. The lowest BCUT2D eigenvalue weighted by molar-refractivity contribution is 0.112. The molecular weight excluding hydrogens is 286 g/mol. The molecule has 4 heteroatoms. The van der Waals surface area contributed by atoms with Crippen LogP contribution in [0.3, 0.4) is 0 Å². The first-order chi connectivity index (χ1) is 10.3. The molecule has 1 aromatic heterocycles. The van der Waals surface area contributed by atoms with Crippen LogP contribution < -0.4 is 4.74 Å². The summed E-state index contributed by atoms with van der Waals surface area (Å²) in [5, 5.41) is 1.59. The van der Waals surface area contributed by atoms with Crippen molar-refractivity contribution in [2.24, 2.45) is 0 Å². The molecule has 0 fully saturated rings. The molecule has 0 saturated carbocycles. The fourth-order valence-corrected chi connectivity index (χ4v) is 2.33. The number of carbonyl (C=O) groups excluding carboxylic acids is 1. The average Bonchev–Trinajstić information content (AvgIpc) is 2.55. The number of nitrogens with zero attached hydrogens (tertiary/aromatic N) is 1. The maximum atomic E-state index is 10.6. The quantitative estimate of drug-likeness (QED) is 0.675. The molecule has 0 aliphatic rings. The van der Waals surface area contributed by atoms with Crippen LogP contribution in [0.2, 0.25) is 5.02 Å². The van der Waals surface area contributed by atoms with E-state index in [0.29, 0.717) is 22.9 Å². The average molecular weight is 298 g/mol. The number of aldehydes is 1. The Hall–Kier alpha value is -2.39. The SMILES string of the molecule is O=Cc1ccc(OCc2ccc(Cl)c3cccnc23)cc1. The number of halogens is 1. The van der Waals surface area contributed by atoms with Gasteiger partial charge in [-0.05, 0) is 42.5 Å². The molecule has 2 aromatic carbocycles. The third-order valence-corrected chi connectivity index (χ3v) is 3.54. The van der Waals surface area contributed by atoms with Gasteiger partial charge in [0.2, 0.25) is 0 Å². The predicted molar refractivity (Wildman–Crippen MR) is 82.9 cm³/mol. The number of hydrogen-bond donors (Lipinski definition) is 0. The van der Waals surface area contributed by atoms with E-state index in [1.165, 1.54) is 0 Å². The first-order valence-electron chi connectivity index (χ1n) is 6.48. The molecule has 104 valence electrons. The summed E-state index contributed by atoms with van der Waals surface area (Å²) in [6, 6.07) is 14.5. The third kappa shape index (κ3) is 2.88. The monoisotopic (exact) mass is 297 g/mol. The number of pyridine rings is 1. The number of hydrogen-bond acceptors (Lipinski definition) is 3. The van der Waals surface area contributed by atoms with Crippen LogP contribution in [0.4, 0.5) is 0 Å². The van der Waals surface area contributed by atoms with Crippen molar-refractivity contribution in [1.29, 1.82) is 0 Å². The summed E-state index contributed by atoms with van der Waals surface area (Å²) in [5.74, 6) is 0.708. The van der Waals surface area contributed by atoms with E-state index in [2.05, 4.69) is 4.98 Å². The van der Waals surface area contributed by atoms with Crippen molar-refractivity contribution in [1.82, 2.24) is 4.98 Å². The molecule has 0 unspecified atom stereocenters. The molecule has 0 radical (unpaired) electrons. The lowest BCUT2D eigenvalue weighted by Gasteiger charge is -2.09. The molecule has 0 atom stereocenters. The van der Waals surface area contributed by atoms with Gasteiger partial charge in [0.05, 0.1) is 5.52 Å². The minimum absolute atomic E-state index is 0.394. The van der Waals surface area contributed by atoms with Crippen molar-refractivity contribution in [3.8, 4) is 5.75 Å². The second kappa shape index (κ2) is 5.94. The van der Waals surface area contributed by atoms with E-state index in [1.54, 1.807) is 30.5 Å². The van der Waals surface area contributed by atoms with Crippen molar-refractivity contribution >= 4 is 28.8 Å². The van der Waals surface area contributed by atoms with E-state index in [9.17, 15) is 4.79 Å². The van der Waals surface area contributed by atoms with Crippen LogP contribution in [-0.2, 0) is 6.61 Å².